The number of hydrogen-bond acceptors (Lipinski definition) is 6. The summed E-state index contributed by atoms with van der Waals surface area (Å²) in [5, 5.41) is 12.1. The van der Waals surface area contributed by atoms with Crippen LogP contribution in [0, 0.1) is 5.82 Å². The van der Waals surface area contributed by atoms with Crippen molar-refractivity contribution in [1.82, 2.24) is 30.0 Å². The van der Waals surface area contributed by atoms with Crippen molar-refractivity contribution in [2.75, 3.05) is 26.2 Å². The molecule has 2 aromatic heterocycles. The summed E-state index contributed by atoms with van der Waals surface area (Å²) in [6, 6.07) is 9.65. The number of piperazine rings is 1. The van der Waals surface area contributed by atoms with Gasteiger partial charge in [-0.2, -0.15) is 0 Å². The third-order valence-corrected chi connectivity index (χ3v) is 5.15. The van der Waals surface area contributed by atoms with E-state index in [4.69, 9.17) is 4.42 Å². The Morgan fingerprint density at radius 3 is 2.52 bits per heavy atom. The van der Waals surface area contributed by atoms with Gasteiger partial charge in [-0.15, -0.1) is 5.10 Å². The first-order valence-electron chi connectivity index (χ1n) is 9.65. The van der Waals surface area contributed by atoms with Gasteiger partial charge in [-0.05, 0) is 42.5 Å². The van der Waals surface area contributed by atoms with Gasteiger partial charge in [0.05, 0.1) is 12.3 Å². The normalized spacial score (nSPS) is 16.3. The lowest BCUT2D eigenvalue weighted by Gasteiger charge is -2.38. The van der Waals surface area contributed by atoms with Gasteiger partial charge in [0.25, 0.3) is 5.91 Å². The molecule has 1 atom stereocenters. The van der Waals surface area contributed by atoms with Gasteiger partial charge in [0, 0.05) is 31.7 Å². The van der Waals surface area contributed by atoms with Crippen LogP contribution < -0.4 is 0 Å². The van der Waals surface area contributed by atoms with Gasteiger partial charge in [0.2, 0.25) is 0 Å². The summed E-state index contributed by atoms with van der Waals surface area (Å²) in [6.45, 7) is 6.12. The fourth-order valence-electron chi connectivity index (χ4n) is 3.68. The number of halogens is 1. The van der Waals surface area contributed by atoms with Crippen molar-refractivity contribution >= 4 is 5.91 Å². The average molecular weight is 398 g/mol. The van der Waals surface area contributed by atoms with E-state index in [9.17, 15) is 9.18 Å². The van der Waals surface area contributed by atoms with Gasteiger partial charge in [-0.3, -0.25) is 9.69 Å². The summed E-state index contributed by atoms with van der Waals surface area (Å²) in [5.41, 5.74) is 0.523. The van der Waals surface area contributed by atoms with Gasteiger partial charge in [0.1, 0.15) is 11.9 Å². The SMILES string of the molecule is CC(C)n1nnnc1C(c1ccccc1F)N1CCN(C(=O)c2ccco2)CC1. The molecule has 0 N–H and O–H groups in total. The molecule has 1 amide bonds. The summed E-state index contributed by atoms with van der Waals surface area (Å²) >= 11 is 0. The van der Waals surface area contributed by atoms with Crippen molar-refractivity contribution in [2.45, 2.75) is 25.9 Å². The smallest absolute Gasteiger partial charge is 0.289 e. The highest BCUT2D eigenvalue weighted by atomic mass is 19.1. The predicted molar refractivity (Wildman–Crippen MR) is 103 cm³/mol. The van der Waals surface area contributed by atoms with E-state index < -0.39 is 6.04 Å². The van der Waals surface area contributed by atoms with Gasteiger partial charge in [-0.25, -0.2) is 9.07 Å². The third-order valence-electron chi connectivity index (χ3n) is 5.15. The van der Waals surface area contributed by atoms with Crippen molar-refractivity contribution in [3.8, 4) is 0 Å². The molecule has 1 fully saturated rings. The third kappa shape index (κ3) is 3.77. The Kier molecular flexibility index (Phi) is 5.39. The first-order valence-corrected chi connectivity index (χ1v) is 9.65. The predicted octanol–water partition coefficient (Wildman–Crippen LogP) is 2.53. The maximum Gasteiger partial charge on any atom is 0.289 e. The zero-order valence-corrected chi connectivity index (χ0v) is 16.4. The molecule has 152 valence electrons. The summed E-state index contributed by atoms with van der Waals surface area (Å²) < 4.78 is 21.7. The van der Waals surface area contributed by atoms with E-state index in [0.29, 0.717) is 43.3 Å². The van der Waals surface area contributed by atoms with E-state index in [1.807, 2.05) is 19.9 Å². The Labute approximate surface area is 167 Å². The number of nitrogens with zero attached hydrogens (tertiary/aromatic N) is 6. The minimum atomic E-state index is -0.436. The van der Waals surface area contributed by atoms with E-state index in [1.165, 1.54) is 12.3 Å². The topological polar surface area (TPSA) is 80.3 Å². The van der Waals surface area contributed by atoms with Crippen LogP contribution in [0.15, 0.2) is 47.1 Å². The molecule has 0 radical (unpaired) electrons. The highest BCUT2D eigenvalue weighted by Crippen LogP contribution is 2.31. The number of rotatable bonds is 5. The summed E-state index contributed by atoms with van der Waals surface area (Å²) in [5.74, 6) is 0.484. The molecule has 1 aliphatic heterocycles. The number of benzene rings is 1. The van der Waals surface area contributed by atoms with E-state index in [2.05, 4.69) is 20.4 Å². The minimum absolute atomic E-state index is 0.0380. The van der Waals surface area contributed by atoms with Crippen LogP contribution in [-0.2, 0) is 0 Å². The molecule has 0 saturated carbocycles. The van der Waals surface area contributed by atoms with E-state index in [0.717, 1.165) is 0 Å². The lowest BCUT2D eigenvalue weighted by molar-refractivity contribution is 0.0556. The number of furan rings is 1. The first kappa shape index (κ1) is 19.3. The fraction of sp³-hybridized carbons (Fsp3) is 0.400. The Morgan fingerprint density at radius 1 is 1.10 bits per heavy atom. The van der Waals surface area contributed by atoms with Crippen molar-refractivity contribution < 1.29 is 13.6 Å². The molecule has 8 nitrogen and oxygen atoms in total. The van der Waals surface area contributed by atoms with Gasteiger partial charge in [-0.1, -0.05) is 18.2 Å². The van der Waals surface area contributed by atoms with Gasteiger partial charge < -0.3 is 9.32 Å². The molecule has 1 aromatic carbocycles. The number of hydrogen-bond donors (Lipinski definition) is 0. The number of aromatic nitrogens is 4. The van der Waals surface area contributed by atoms with Crippen LogP contribution in [-0.4, -0.2) is 62.1 Å². The molecule has 3 heterocycles. The van der Waals surface area contributed by atoms with Crippen molar-refractivity contribution in [2.24, 2.45) is 0 Å². The lowest BCUT2D eigenvalue weighted by Crippen LogP contribution is -2.50. The average Bonchev–Trinajstić information content (AvgIpc) is 3.42. The highest BCUT2D eigenvalue weighted by molar-refractivity contribution is 5.91. The van der Waals surface area contributed by atoms with E-state index in [-0.39, 0.29) is 17.8 Å². The second-order valence-corrected chi connectivity index (χ2v) is 7.30. The second kappa shape index (κ2) is 8.12. The van der Waals surface area contributed by atoms with E-state index >= 15 is 0 Å². The quantitative estimate of drug-likeness (QED) is 0.657. The Morgan fingerprint density at radius 2 is 1.86 bits per heavy atom. The summed E-state index contributed by atoms with van der Waals surface area (Å²) in [4.78, 5) is 16.4. The molecular formula is C20H23FN6O2. The lowest BCUT2D eigenvalue weighted by atomic mass is 10.0. The molecule has 0 bridgehead atoms. The zero-order chi connectivity index (χ0) is 20.4. The zero-order valence-electron chi connectivity index (χ0n) is 16.4. The molecule has 4 rings (SSSR count). The molecular weight excluding hydrogens is 375 g/mol. The molecule has 1 saturated heterocycles. The Hall–Kier alpha value is -3.07. The van der Waals surface area contributed by atoms with Crippen LogP contribution in [0.25, 0.3) is 0 Å². The molecule has 9 heteroatoms. The first-order chi connectivity index (χ1) is 14.1. The number of carbonyl (C=O) groups is 1. The molecule has 1 unspecified atom stereocenters. The summed E-state index contributed by atoms with van der Waals surface area (Å²) in [6.07, 6.45) is 1.49. The molecule has 3 aromatic rings. The maximum atomic E-state index is 14.7. The van der Waals surface area contributed by atoms with Crippen LogP contribution in [0.2, 0.25) is 0 Å². The number of amides is 1. The second-order valence-electron chi connectivity index (χ2n) is 7.30. The van der Waals surface area contributed by atoms with Crippen LogP contribution in [0.5, 0.6) is 0 Å². The van der Waals surface area contributed by atoms with Crippen LogP contribution in [0.4, 0.5) is 4.39 Å². The Bertz CT molecular complexity index is 963. The standard InChI is InChI=1S/C20H23FN6O2/c1-14(2)27-19(22-23-24-27)18(15-6-3-4-7-16(15)21)25-9-11-26(12-10-25)20(28)17-8-5-13-29-17/h3-8,13-14,18H,9-12H2,1-2H3. The molecule has 0 aliphatic carbocycles. The number of tetrazole rings is 1. The monoisotopic (exact) mass is 398 g/mol. The van der Waals surface area contributed by atoms with Crippen molar-refractivity contribution in [3.05, 3.63) is 65.6 Å². The maximum absolute atomic E-state index is 14.7. The van der Waals surface area contributed by atoms with Gasteiger partial charge in [0.15, 0.2) is 11.6 Å². The highest BCUT2D eigenvalue weighted by Gasteiger charge is 2.34. The largest absolute Gasteiger partial charge is 0.459 e. The van der Waals surface area contributed by atoms with E-state index in [1.54, 1.807) is 33.8 Å². The molecule has 29 heavy (non-hydrogen) atoms. The molecule has 0 spiro atoms. The number of carbonyl (C=O) groups excluding carboxylic acids is 1. The Balaban J connectivity index is 1.61. The van der Waals surface area contributed by atoms with Crippen LogP contribution in [0.3, 0.4) is 0 Å². The van der Waals surface area contributed by atoms with Gasteiger partial charge >= 0.3 is 0 Å². The fourth-order valence-corrected chi connectivity index (χ4v) is 3.68. The van der Waals surface area contributed by atoms with Crippen molar-refractivity contribution in [1.29, 1.82) is 0 Å². The van der Waals surface area contributed by atoms with Crippen LogP contribution >= 0.6 is 0 Å². The minimum Gasteiger partial charge on any atom is -0.459 e. The molecule has 1 aliphatic rings. The van der Waals surface area contributed by atoms with Crippen LogP contribution in [0.1, 0.15) is 47.9 Å². The summed E-state index contributed by atoms with van der Waals surface area (Å²) in [7, 11) is 0. The van der Waals surface area contributed by atoms with Crippen molar-refractivity contribution in [3.63, 3.8) is 0 Å².